The molecule has 0 spiro atoms. The number of fused-ring (bicyclic) bond motifs is 1. The molecular weight excluding hydrogens is 340 g/mol. The number of ether oxygens (including phenoxy) is 1. The van der Waals surface area contributed by atoms with Crippen LogP contribution in [0.3, 0.4) is 0 Å². The summed E-state index contributed by atoms with van der Waals surface area (Å²) in [6.45, 7) is 3.56. The summed E-state index contributed by atoms with van der Waals surface area (Å²) in [5.41, 5.74) is 1.63. The molecule has 1 aliphatic heterocycles. The van der Waals surface area contributed by atoms with E-state index in [1.807, 2.05) is 31.2 Å². The lowest BCUT2D eigenvalue weighted by Gasteiger charge is -2.34. The zero-order valence-electron chi connectivity index (χ0n) is 14.0. The number of nitrogens with one attached hydrogen (secondary N) is 1. The van der Waals surface area contributed by atoms with Crippen LogP contribution >= 0.6 is 11.6 Å². The predicted octanol–water partition coefficient (Wildman–Crippen LogP) is 3.33. The molecule has 1 aliphatic rings. The molecule has 25 heavy (non-hydrogen) atoms. The van der Waals surface area contributed by atoms with Crippen LogP contribution in [0.15, 0.2) is 48.5 Å². The second-order valence-corrected chi connectivity index (χ2v) is 6.42. The number of carbonyl (C=O) groups excluding carboxylic acids is 2. The van der Waals surface area contributed by atoms with Crippen LogP contribution in [0.4, 0.5) is 5.69 Å². The van der Waals surface area contributed by atoms with Crippen molar-refractivity contribution in [3.05, 3.63) is 59.1 Å². The maximum absolute atomic E-state index is 12.6. The van der Waals surface area contributed by atoms with Gasteiger partial charge in [-0.05, 0) is 36.8 Å². The summed E-state index contributed by atoms with van der Waals surface area (Å²) < 4.78 is 5.80. The minimum atomic E-state index is -0.756. The normalized spacial score (nSPS) is 17.2. The molecule has 6 heteroatoms. The van der Waals surface area contributed by atoms with E-state index in [9.17, 15) is 9.59 Å². The highest BCUT2D eigenvalue weighted by atomic mass is 35.5. The number of hydrogen-bond donors (Lipinski definition) is 1. The Labute approximate surface area is 151 Å². The summed E-state index contributed by atoms with van der Waals surface area (Å²) in [5.74, 6) is 0.144. The van der Waals surface area contributed by atoms with Crippen molar-refractivity contribution < 1.29 is 14.3 Å². The van der Waals surface area contributed by atoms with Crippen LogP contribution in [-0.4, -0.2) is 24.5 Å². The molecule has 2 amide bonds. The lowest BCUT2D eigenvalue weighted by Crippen LogP contribution is -2.50. The van der Waals surface area contributed by atoms with Gasteiger partial charge < -0.3 is 15.0 Å². The third-order valence-corrected chi connectivity index (χ3v) is 4.43. The van der Waals surface area contributed by atoms with Crippen LogP contribution in [-0.2, 0) is 9.59 Å². The number of carbonyl (C=O) groups is 2. The number of rotatable bonds is 3. The number of benzene rings is 2. The second kappa shape index (κ2) is 7.15. The summed E-state index contributed by atoms with van der Waals surface area (Å²) in [6.07, 6.45) is -0.756. The van der Waals surface area contributed by atoms with Crippen molar-refractivity contribution >= 4 is 29.1 Å². The van der Waals surface area contributed by atoms with E-state index in [-0.39, 0.29) is 24.4 Å². The Kier molecular flexibility index (Phi) is 4.95. The highest BCUT2D eigenvalue weighted by Gasteiger charge is 2.33. The highest BCUT2D eigenvalue weighted by molar-refractivity contribution is 6.30. The standard InChI is InChI=1S/C19H19ClN2O3/c1-12(14-7-9-15(20)10-8-14)21-19(24)18-11-22(13(2)23)16-5-3-4-6-17(16)25-18/h3-10,12,18H,11H2,1-2H3,(H,21,24). The zero-order chi connectivity index (χ0) is 18.0. The van der Waals surface area contributed by atoms with Gasteiger partial charge in [-0.2, -0.15) is 0 Å². The highest BCUT2D eigenvalue weighted by Crippen LogP contribution is 2.33. The van der Waals surface area contributed by atoms with E-state index < -0.39 is 6.10 Å². The van der Waals surface area contributed by atoms with Gasteiger partial charge in [0.05, 0.1) is 18.3 Å². The van der Waals surface area contributed by atoms with Gasteiger partial charge in [-0.3, -0.25) is 9.59 Å². The van der Waals surface area contributed by atoms with Crippen molar-refractivity contribution in [2.45, 2.75) is 26.0 Å². The molecule has 5 nitrogen and oxygen atoms in total. The van der Waals surface area contributed by atoms with Crippen molar-refractivity contribution in [1.82, 2.24) is 5.32 Å². The number of para-hydroxylation sites is 2. The zero-order valence-corrected chi connectivity index (χ0v) is 14.8. The Bertz CT molecular complexity index is 792. The van der Waals surface area contributed by atoms with Crippen molar-refractivity contribution in [3.63, 3.8) is 0 Å². The van der Waals surface area contributed by atoms with Gasteiger partial charge in [0.1, 0.15) is 5.75 Å². The molecule has 0 aromatic heterocycles. The van der Waals surface area contributed by atoms with E-state index in [1.165, 1.54) is 6.92 Å². The van der Waals surface area contributed by atoms with Crippen molar-refractivity contribution in [3.8, 4) is 5.75 Å². The molecule has 0 radical (unpaired) electrons. The molecule has 2 unspecified atom stereocenters. The first-order valence-corrected chi connectivity index (χ1v) is 8.43. The molecule has 2 aromatic rings. The number of halogens is 1. The SMILES string of the molecule is CC(=O)N1CC(C(=O)NC(C)c2ccc(Cl)cc2)Oc2ccccc21. The van der Waals surface area contributed by atoms with Gasteiger partial charge >= 0.3 is 0 Å². The maximum Gasteiger partial charge on any atom is 0.263 e. The third kappa shape index (κ3) is 3.77. The Morgan fingerprint density at radius 1 is 1.20 bits per heavy atom. The smallest absolute Gasteiger partial charge is 0.263 e. The summed E-state index contributed by atoms with van der Waals surface area (Å²) >= 11 is 5.89. The number of amides is 2. The van der Waals surface area contributed by atoms with Crippen molar-refractivity contribution in [2.75, 3.05) is 11.4 Å². The molecule has 0 fully saturated rings. The minimum Gasteiger partial charge on any atom is -0.477 e. The van der Waals surface area contributed by atoms with E-state index in [1.54, 1.807) is 29.2 Å². The van der Waals surface area contributed by atoms with E-state index >= 15 is 0 Å². The first-order chi connectivity index (χ1) is 12.0. The largest absolute Gasteiger partial charge is 0.477 e. The van der Waals surface area contributed by atoms with E-state index in [0.717, 1.165) is 5.56 Å². The van der Waals surface area contributed by atoms with Gasteiger partial charge in [0.15, 0.2) is 6.10 Å². The monoisotopic (exact) mass is 358 g/mol. The Morgan fingerprint density at radius 2 is 1.88 bits per heavy atom. The molecule has 2 atom stereocenters. The number of nitrogens with zero attached hydrogens (tertiary/aromatic N) is 1. The van der Waals surface area contributed by atoms with Gasteiger partial charge in [0.25, 0.3) is 5.91 Å². The Morgan fingerprint density at radius 3 is 2.56 bits per heavy atom. The van der Waals surface area contributed by atoms with Gasteiger partial charge in [-0.25, -0.2) is 0 Å². The number of anilines is 1. The van der Waals surface area contributed by atoms with Crippen molar-refractivity contribution in [1.29, 1.82) is 0 Å². The van der Waals surface area contributed by atoms with Crippen LogP contribution in [0.5, 0.6) is 5.75 Å². The first-order valence-electron chi connectivity index (χ1n) is 8.05. The summed E-state index contributed by atoms with van der Waals surface area (Å²) in [7, 11) is 0. The Hall–Kier alpha value is -2.53. The molecule has 0 aliphatic carbocycles. The molecule has 2 aromatic carbocycles. The molecule has 1 N–H and O–H groups in total. The van der Waals surface area contributed by atoms with E-state index in [2.05, 4.69) is 5.32 Å². The average Bonchev–Trinajstić information content (AvgIpc) is 2.61. The molecule has 130 valence electrons. The van der Waals surface area contributed by atoms with E-state index in [4.69, 9.17) is 16.3 Å². The quantitative estimate of drug-likeness (QED) is 0.915. The van der Waals surface area contributed by atoms with Gasteiger partial charge in [0.2, 0.25) is 5.91 Å². The van der Waals surface area contributed by atoms with E-state index in [0.29, 0.717) is 16.5 Å². The predicted molar refractivity (Wildman–Crippen MR) is 96.9 cm³/mol. The van der Waals surface area contributed by atoms with Gasteiger partial charge in [-0.15, -0.1) is 0 Å². The lowest BCUT2D eigenvalue weighted by atomic mass is 10.1. The molecule has 0 saturated heterocycles. The van der Waals surface area contributed by atoms with Crippen molar-refractivity contribution in [2.24, 2.45) is 0 Å². The average molecular weight is 359 g/mol. The molecule has 0 saturated carbocycles. The second-order valence-electron chi connectivity index (χ2n) is 5.99. The fraction of sp³-hybridized carbons (Fsp3) is 0.263. The molecule has 3 rings (SSSR count). The summed E-state index contributed by atoms with van der Waals surface area (Å²) in [4.78, 5) is 26.1. The Balaban J connectivity index is 1.74. The fourth-order valence-corrected chi connectivity index (χ4v) is 2.94. The van der Waals surface area contributed by atoms with Crippen LogP contribution in [0, 0.1) is 0 Å². The van der Waals surface area contributed by atoms with Gasteiger partial charge in [-0.1, -0.05) is 35.9 Å². The fourth-order valence-electron chi connectivity index (χ4n) is 2.81. The van der Waals surface area contributed by atoms with Crippen LogP contribution < -0.4 is 15.0 Å². The third-order valence-electron chi connectivity index (χ3n) is 4.17. The first kappa shape index (κ1) is 17.3. The van der Waals surface area contributed by atoms with Crippen LogP contribution in [0.1, 0.15) is 25.5 Å². The number of hydrogen-bond acceptors (Lipinski definition) is 3. The van der Waals surface area contributed by atoms with Crippen LogP contribution in [0.2, 0.25) is 5.02 Å². The molecular formula is C19H19ClN2O3. The summed E-state index contributed by atoms with van der Waals surface area (Å²) in [6, 6.07) is 14.3. The lowest BCUT2D eigenvalue weighted by molar-refractivity contribution is -0.129. The topological polar surface area (TPSA) is 58.6 Å². The minimum absolute atomic E-state index is 0.126. The molecule has 1 heterocycles. The van der Waals surface area contributed by atoms with Crippen LogP contribution in [0.25, 0.3) is 0 Å². The maximum atomic E-state index is 12.6. The van der Waals surface area contributed by atoms with Gasteiger partial charge in [0, 0.05) is 11.9 Å². The molecule has 0 bridgehead atoms. The summed E-state index contributed by atoms with van der Waals surface area (Å²) in [5, 5.41) is 3.58.